The number of hydrogen-bond donors (Lipinski definition) is 2. The SMILES string of the molecule is C=CCN(C(=O)O)[C@H](CO)c1ccc(C=O)s1. The second kappa shape index (κ2) is 6.17. The summed E-state index contributed by atoms with van der Waals surface area (Å²) in [7, 11) is 0. The lowest BCUT2D eigenvalue weighted by Gasteiger charge is -2.25. The molecule has 0 aliphatic carbocycles. The number of aliphatic hydroxyl groups is 1. The molecule has 1 aromatic rings. The first-order chi connectivity index (χ1) is 8.13. The second-order valence-corrected chi connectivity index (χ2v) is 4.43. The van der Waals surface area contributed by atoms with Gasteiger partial charge in [0, 0.05) is 11.4 Å². The van der Waals surface area contributed by atoms with Crippen LogP contribution in [0.2, 0.25) is 0 Å². The van der Waals surface area contributed by atoms with Crippen LogP contribution in [-0.4, -0.2) is 40.6 Å². The Hall–Kier alpha value is -1.66. The highest BCUT2D eigenvalue weighted by Gasteiger charge is 2.24. The van der Waals surface area contributed by atoms with Gasteiger partial charge in [-0.15, -0.1) is 17.9 Å². The highest BCUT2D eigenvalue weighted by Crippen LogP contribution is 2.27. The molecule has 0 unspecified atom stereocenters. The Morgan fingerprint density at radius 2 is 2.29 bits per heavy atom. The van der Waals surface area contributed by atoms with Crippen molar-refractivity contribution in [3.8, 4) is 0 Å². The van der Waals surface area contributed by atoms with Crippen LogP contribution in [0.15, 0.2) is 24.8 Å². The Labute approximate surface area is 103 Å². The maximum Gasteiger partial charge on any atom is 0.408 e. The average Bonchev–Trinajstić information content (AvgIpc) is 2.77. The van der Waals surface area contributed by atoms with E-state index in [0.29, 0.717) is 16.0 Å². The van der Waals surface area contributed by atoms with E-state index in [1.54, 1.807) is 12.1 Å². The van der Waals surface area contributed by atoms with Gasteiger partial charge in [0.15, 0.2) is 6.29 Å². The lowest BCUT2D eigenvalue weighted by atomic mass is 10.2. The number of carbonyl (C=O) groups is 2. The van der Waals surface area contributed by atoms with Crippen molar-refractivity contribution < 1.29 is 19.8 Å². The van der Waals surface area contributed by atoms with E-state index in [0.717, 1.165) is 4.90 Å². The highest BCUT2D eigenvalue weighted by molar-refractivity contribution is 7.13. The summed E-state index contributed by atoms with van der Waals surface area (Å²) in [5, 5.41) is 18.3. The number of hydrogen-bond acceptors (Lipinski definition) is 4. The number of amides is 1. The molecule has 0 spiro atoms. The topological polar surface area (TPSA) is 77.8 Å². The summed E-state index contributed by atoms with van der Waals surface area (Å²) in [6.07, 6.45) is 1.01. The molecule has 0 saturated heterocycles. The predicted molar refractivity (Wildman–Crippen MR) is 64.5 cm³/mol. The molecule has 5 nitrogen and oxygen atoms in total. The van der Waals surface area contributed by atoms with Crippen molar-refractivity contribution in [2.75, 3.05) is 13.2 Å². The number of aliphatic hydroxyl groups excluding tert-OH is 1. The third kappa shape index (κ3) is 3.15. The van der Waals surface area contributed by atoms with Crippen LogP contribution in [-0.2, 0) is 0 Å². The number of carboxylic acid groups (broad SMARTS) is 1. The Bertz CT molecular complexity index is 415. The van der Waals surface area contributed by atoms with Crippen LogP contribution in [0.5, 0.6) is 0 Å². The van der Waals surface area contributed by atoms with Gasteiger partial charge in [-0.05, 0) is 12.1 Å². The third-order valence-corrected chi connectivity index (χ3v) is 3.32. The molecule has 1 amide bonds. The molecule has 0 radical (unpaired) electrons. The molecule has 92 valence electrons. The van der Waals surface area contributed by atoms with Gasteiger partial charge in [0.1, 0.15) is 0 Å². The first-order valence-electron chi connectivity index (χ1n) is 4.90. The maximum absolute atomic E-state index is 11.0. The van der Waals surface area contributed by atoms with Gasteiger partial charge < -0.3 is 10.2 Å². The molecule has 0 bridgehead atoms. The summed E-state index contributed by atoms with van der Waals surface area (Å²) in [4.78, 5) is 23.8. The van der Waals surface area contributed by atoms with Gasteiger partial charge in [0.05, 0.1) is 17.5 Å². The van der Waals surface area contributed by atoms with Gasteiger partial charge in [0.2, 0.25) is 0 Å². The summed E-state index contributed by atoms with van der Waals surface area (Å²) < 4.78 is 0. The normalized spacial score (nSPS) is 11.8. The first-order valence-corrected chi connectivity index (χ1v) is 5.72. The maximum atomic E-state index is 11.0. The van der Waals surface area contributed by atoms with E-state index in [9.17, 15) is 14.7 Å². The molecule has 17 heavy (non-hydrogen) atoms. The highest BCUT2D eigenvalue weighted by atomic mass is 32.1. The Kier molecular flexibility index (Phi) is 4.86. The summed E-state index contributed by atoms with van der Waals surface area (Å²) in [6, 6.07) is 2.59. The van der Waals surface area contributed by atoms with Gasteiger partial charge in [-0.3, -0.25) is 9.69 Å². The Morgan fingerprint density at radius 3 is 2.71 bits per heavy atom. The van der Waals surface area contributed by atoms with Crippen molar-refractivity contribution in [2.24, 2.45) is 0 Å². The third-order valence-electron chi connectivity index (χ3n) is 2.21. The summed E-state index contributed by atoms with van der Waals surface area (Å²) in [6.45, 7) is 3.26. The minimum Gasteiger partial charge on any atom is -0.465 e. The molecule has 1 heterocycles. The molecular weight excluding hydrogens is 242 g/mol. The molecule has 0 aliphatic rings. The zero-order chi connectivity index (χ0) is 12.8. The molecule has 2 N–H and O–H groups in total. The quantitative estimate of drug-likeness (QED) is 0.599. The average molecular weight is 255 g/mol. The van der Waals surface area contributed by atoms with Gasteiger partial charge >= 0.3 is 6.09 Å². The van der Waals surface area contributed by atoms with Gasteiger partial charge in [0.25, 0.3) is 0 Å². The Balaban J connectivity index is 2.98. The number of carbonyl (C=O) groups excluding carboxylic acids is 1. The van der Waals surface area contributed by atoms with Crippen LogP contribution in [0.1, 0.15) is 20.6 Å². The predicted octanol–water partition coefficient (Wildman–Crippen LogP) is 1.76. The van der Waals surface area contributed by atoms with E-state index in [1.165, 1.54) is 17.4 Å². The van der Waals surface area contributed by atoms with Crippen molar-refractivity contribution in [3.63, 3.8) is 0 Å². The van der Waals surface area contributed by atoms with E-state index >= 15 is 0 Å². The van der Waals surface area contributed by atoms with Crippen LogP contribution in [0.25, 0.3) is 0 Å². The number of rotatable bonds is 6. The summed E-state index contributed by atoms with van der Waals surface area (Å²) in [5.74, 6) is 0. The molecule has 1 atom stereocenters. The molecular formula is C11H13NO4S. The lowest BCUT2D eigenvalue weighted by molar-refractivity contribution is 0.106. The van der Waals surface area contributed by atoms with E-state index in [1.807, 2.05) is 0 Å². The molecule has 0 fully saturated rings. The van der Waals surface area contributed by atoms with Crippen molar-refractivity contribution in [1.29, 1.82) is 0 Å². The number of nitrogens with zero attached hydrogens (tertiary/aromatic N) is 1. The van der Waals surface area contributed by atoms with Crippen molar-refractivity contribution in [3.05, 3.63) is 34.5 Å². The van der Waals surface area contributed by atoms with E-state index in [4.69, 9.17) is 5.11 Å². The van der Waals surface area contributed by atoms with Crippen molar-refractivity contribution >= 4 is 23.7 Å². The van der Waals surface area contributed by atoms with E-state index in [-0.39, 0.29) is 13.2 Å². The molecule has 1 aromatic heterocycles. The first kappa shape index (κ1) is 13.4. The Morgan fingerprint density at radius 1 is 1.59 bits per heavy atom. The van der Waals surface area contributed by atoms with Crippen LogP contribution >= 0.6 is 11.3 Å². The zero-order valence-corrected chi connectivity index (χ0v) is 9.89. The smallest absolute Gasteiger partial charge is 0.408 e. The summed E-state index contributed by atoms with van der Waals surface area (Å²) in [5.41, 5.74) is 0. The number of thiophene rings is 1. The van der Waals surface area contributed by atoms with Crippen LogP contribution in [0, 0.1) is 0 Å². The fourth-order valence-electron chi connectivity index (χ4n) is 1.43. The fourth-order valence-corrected chi connectivity index (χ4v) is 2.36. The standard InChI is InChI=1S/C11H13NO4S/c1-2-5-12(11(15)16)9(7-14)10-4-3-8(6-13)17-10/h2-4,6,9,14H,1,5,7H2,(H,15,16)/t9-/m1/s1. The minimum absolute atomic E-state index is 0.120. The molecule has 6 heteroatoms. The van der Waals surface area contributed by atoms with Crippen LogP contribution in [0.4, 0.5) is 4.79 Å². The van der Waals surface area contributed by atoms with Gasteiger partial charge in [-0.2, -0.15) is 0 Å². The zero-order valence-electron chi connectivity index (χ0n) is 9.07. The summed E-state index contributed by atoms with van der Waals surface area (Å²) >= 11 is 1.17. The van der Waals surface area contributed by atoms with E-state index in [2.05, 4.69) is 6.58 Å². The molecule has 0 aromatic carbocycles. The largest absolute Gasteiger partial charge is 0.465 e. The molecule has 1 rings (SSSR count). The molecule has 0 aliphatic heterocycles. The second-order valence-electron chi connectivity index (χ2n) is 3.28. The lowest BCUT2D eigenvalue weighted by Crippen LogP contribution is -2.35. The van der Waals surface area contributed by atoms with Crippen LogP contribution < -0.4 is 0 Å². The minimum atomic E-state index is -1.13. The van der Waals surface area contributed by atoms with Crippen LogP contribution in [0.3, 0.4) is 0 Å². The van der Waals surface area contributed by atoms with Gasteiger partial charge in [-0.1, -0.05) is 6.08 Å². The van der Waals surface area contributed by atoms with Gasteiger partial charge in [-0.25, -0.2) is 4.79 Å². The molecule has 0 saturated carbocycles. The van der Waals surface area contributed by atoms with E-state index < -0.39 is 12.1 Å². The monoisotopic (exact) mass is 255 g/mol. The number of aldehydes is 1. The fraction of sp³-hybridized carbons (Fsp3) is 0.273. The van der Waals surface area contributed by atoms with Crippen molar-refractivity contribution in [2.45, 2.75) is 6.04 Å². The van der Waals surface area contributed by atoms with Crippen molar-refractivity contribution in [1.82, 2.24) is 4.90 Å².